The molecular weight excluding hydrogens is 276 g/mol. The van der Waals surface area contributed by atoms with Gasteiger partial charge in [-0.05, 0) is 30.7 Å². The van der Waals surface area contributed by atoms with Crippen LogP contribution in [-0.4, -0.2) is 22.2 Å². The Labute approximate surface area is 122 Å². The van der Waals surface area contributed by atoms with Crippen LogP contribution in [0.15, 0.2) is 18.2 Å². The van der Waals surface area contributed by atoms with Crippen molar-refractivity contribution in [3.63, 3.8) is 0 Å². The maximum absolute atomic E-state index is 12.4. The van der Waals surface area contributed by atoms with Gasteiger partial charge in [0.05, 0.1) is 12.3 Å². The highest BCUT2D eigenvalue weighted by Crippen LogP contribution is 2.27. The van der Waals surface area contributed by atoms with Crippen LogP contribution in [0, 0.1) is 6.92 Å². The van der Waals surface area contributed by atoms with Crippen LogP contribution in [0.1, 0.15) is 27.2 Å². The molecule has 4 nitrogen and oxygen atoms in total. The summed E-state index contributed by atoms with van der Waals surface area (Å²) in [5.74, 6) is 0.940. The van der Waals surface area contributed by atoms with Crippen LogP contribution in [0.2, 0.25) is 5.15 Å². The van der Waals surface area contributed by atoms with E-state index in [4.69, 9.17) is 16.3 Å². The van der Waals surface area contributed by atoms with E-state index in [-0.39, 0.29) is 12.2 Å². The summed E-state index contributed by atoms with van der Waals surface area (Å²) in [6.07, 6.45) is 1.14. The first-order valence-corrected chi connectivity index (χ1v) is 6.91. The summed E-state index contributed by atoms with van der Waals surface area (Å²) in [6, 6.07) is 5.60. The summed E-state index contributed by atoms with van der Waals surface area (Å²) in [5, 5.41) is 4.76. The third-order valence-corrected chi connectivity index (χ3v) is 4.09. The summed E-state index contributed by atoms with van der Waals surface area (Å²) in [5.41, 5.74) is 3.41. The van der Waals surface area contributed by atoms with Gasteiger partial charge in [-0.15, -0.1) is 0 Å². The molecule has 104 valence electrons. The number of nitrogens with zero attached hydrogens (tertiary/aromatic N) is 2. The zero-order valence-electron chi connectivity index (χ0n) is 11.4. The van der Waals surface area contributed by atoms with Crippen molar-refractivity contribution in [3.05, 3.63) is 45.7 Å². The van der Waals surface area contributed by atoms with Gasteiger partial charge in [0.15, 0.2) is 5.78 Å². The average Bonchev–Trinajstić information content (AvgIpc) is 2.98. The van der Waals surface area contributed by atoms with Gasteiger partial charge in [-0.25, -0.2) is 0 Å². The van der Waals surface area contributed by atoms with E-state index in [9.17, 15) is 4.79 Å². The van der Waals surface area contributed by atoms with Crippen LogP contribution in [0.5, 0.6) is 5.75 Å². The van der Waals surface area contributed by atoms with E-state index in [1.165, 1.54) is 0 Å². The molecule has 3 rings (SSSR count). The summed E-state index contributed by atoms with van der Waals surface area (Å²) in [7, 11) is 1.77. The highest BCUT2D eigenvalue weighted by atomic mass is 35.5. The lowest BCUT2D eigenvalue weighted by Gasteiger charge is -2.04. The molecule has 1 aliphatic heterocycles. The number of Topliss-reactive ketones (excluding diaryl/α,β-unsaturated/α-hetero) is 1. The second kappa shape index (κ2) is 4.94. The summed E-state index contributed by atoms with van der Waals surface area (Å²) in [4.78, 5) is 12.4. The Morgan fingerprint density at radius 3 is 3.00 bits per heavy atom. The van der Waals surface area contributed by atoms with E-state index in [0.29, 0.717) is 17.3 Å². The van der Waals surface area contributed by atoms with Crippen molar-refractivity contribution in [2.75, 3.05) is 6.61 Å². The number of rotatable bonds is 3. The topological polar surface area (TPSA) is 44.1 Å². The number of ether oxygens (including phenoxy) is 1. The van der Waals surface area contributed by atoms with Crippen molar-refractivity contribution in [2.24, 2.45) is 7.05 Å². The summed E-state index contributed by atoms with van der Waals surface area (Å²) in [6.45, 7) is 2.56. The predicted molar refractivity (Wildman–Crippen MR) is 76.6 cm³/mol. The van der Waals surface area contributed by atoms with E-state index >= 15 is 0 Å². The standard InChI is InChI=1S/C15H15ClN2O2/c1-9-12(15(16)18(2)17-9)8-13(19)10-3-4-14-11(7-10)5-6-20-14/h3-4,7H,5-6,8H2,1-2H3. The van der Waals surface area contributed by atoms with E-state index in [2.05, 4.69) is 5.10 Å². The molecule has 0 bridgehead atoms. The number of ketones is 1. The van der Waals surface area contributed by atoms with Crippen LogP contribution < -0.4 is 4.74 Å². The Kier molecular flexibility index (Phi) is 3.26. The van der Waals surface area contributed by atoms with Gasteiger partial charge < -0.3 is 4.74 Å². The molecule has 0 atom stereocenters. The zero-order valence-corrected chi connectivity index (χ0v) is 12.2. The minimum Gasteiger partial charge on any atom is -0.493 e. The number of carbonyl (C=O) groups excluding carboxylic acids is 1. The smallest absolute Gasteiger partial charge is 0.167 e. The predicted octanol–water partition coefficient (Wildman–Crippen LogP) is 2.74. The van der Waals surface area contributed by atoms with E-state index in [1.54, 1.807) is 11.7 Å². The molecule has 0 aliphatic carbocycles. The lowest BCUT2D eigenvalue weighted by atomic mass is 10.0. The minimum absolute atomic E-state index is 0.0534. The number of aryl methyl sites for hydroxylation is 2. The van der Waals surface area contributed by atoms with Gasteiger partial charge in [0.2, 0.25) is 0 Å². The molecule has 2 aromatic rings. The average molecular weight is 291 g/mol. The van der Waals surface area contributed by atoms with Crippen LogP contribution in [0.25, 0.3) is 0 Å². The summed E-state index contributed by atoms with van der Waals surface area (Å²) < 4.78 is 7.04. The fourth-order valence-corrected chi connectivity index (χ4v) is 2.74. The van der Waals surface area contributed by atoms with Crippen molar-refractivity contribution >= 4 is 17.4 Å². The number of carbonyl (C=O) groups is 1. The number of halogens is 1. The van der Waals surface area contributed by atoms with Gasteiger partial charge in [-0.1, -0.05) is 11.6 Å². The van der Waals surface area contributed by atoms with Gasteiger partial charge in [-0.2, -0.15) is 5.10 Å². The highest BCUT2D eigenvalue weighted by molar-refractivity contribution is 6.30. The molecule has 1 aromatic carbocycles. The van der Waals surface area contributed by atoms with Crippen molar-refractivity contribution in [3.8, 4) is 5.75 Å². The Morgan fingerprint density at radius 2 is 2.30 bits per heavy atom. The second-order valence-corrected chi connectivity index (χ2v) is 5.36. The fraction of sp³-hybridized carbons (Fsp3) is 0.333. The molecule has 20 heavy (non-hydrogen) atoms. The number of hydrogen-bond donors (Lipinski definition) is 0. The fourth-order valence-electron chi connectivity index (χ4n) is 2.50. The molecule has 0 N–H and O–H groups in total. The molecule has 5 heteroatoms. The lowest BCUT2D eigenvalue weighted by molar-refractivity contribution is 0.0992. The second-order valence-electron chi connectivity index (χ2n) is 5.00. The van der Waals surface area contributed by atoms with Crippen molar-refractivity contribution < 1.29 is 9.53 Å². The quantitative estimate of drug-likeness (QED) is 0.817. The molecule has 0 spiro atoms. The third kappa shape index (κ3) is 2.20. The molecule has 1 aromatic heterocycles. The molecule has 1 aliphatic rings. The van der Waals surface area contributed by atoms with Gasteiger partial charge in [0, 0.05) is 31.0 Å². The van der Waals surface area contributed by atoms with Crippen molar-refractivity contribution in [1.29, 1.82) is 0 Å². The van der Waals surface area contributed by atoms with Crippen molar-refractivity contribution in [1.82, 2.24) is 9.78 Å². The Hall–Kier alpha value is -1.81. The first-order chi connectivity index (χ1) is 9.56. The Morgan fingerprint density at radius 1 is 1.50 bits per heavy atom. The molecule has 0 fully saturated rings. The van der Waals surface area contributed by atoms with E-state index < -0.39 is 0 Å². The molecule has 0 amide bonds. The lowest BCUT2D eigenvalue weighted by Crippen LogP contribution is -2.05. The maximum Gasteiger partial charge on any atom is 0.167 e. The Balaban J connectivity index is 1.86. The van der Waals surface area contributed by atoms with E-state index in [1.807, 2.05) is 25.1 Å². The van der Waals surface area contributed by atoms with Crippen LogP contribution in [0.3, 0.4) is 0 Å². The first kappa shape index (κ1) is 13.2. The molecule has 0 saturated carbocycles. The largest absolute Gasteiger partial charge is 0.493 e. The number of hydrogen-bond acceptors (Lipinski definition) is 3. The van der Waals surface area contributed by atoms with Crippen molar-refractivity contribution in [2.45, 2.75) is 19.8 Å². The maximum atomic E-state index is 12.4. The molecule has 0 saturated heterocycles. The number of aromatic nitrogens is 2. The monoisotopic (exact) mass is 290 g/mol. The van der Waals surface area contributed by atoms with E-state index in [0.717, 1.165) is 29.0 Å². The molecular formula is C15H15ClN2O2. The van der Waals surface area contributed by atoms with Gasteiger partial charge in [0.25, 0.3) is 0 Å². The molecule has 2 heterocycles. The zero-order chi connectivity index (χ0) is 14.3. The SMILES string of the molecule is Cc1nn(C)c(Cl)c1CC(=O)c1ccc2c(c1)CCO2. The molecule has 0 radical (unpaired) electrons. The van der Waals surface area contributed by atoms with Gasteiger partial charge >= 0.3 is 0 Å². The van der Waals surface area contributed by atoms with Crippen LogP contribution in [0.4, 0.5) is 0 Å². The van der Waals surface area contributed by atoms with Crippen LogP contribution in [-0.2, 0) is 19.9 Å². The minimum atomic E-state index is 0.0534. The Bertz CT molecular complexity index is 691. The third-order valence-electron chi connectivity index (χ3n) is 3.62. The molecule has 0 unspecified atom stereocenters. The van der Waals surface area contributed by atoms with Gasteiger partial charge in [0.1, 0.15) is 10.9 Å². The summed E-state index contributed by atoms with van der Waals surface area (Å²) >= 11 is 6.17. The first-order valence-electron chi connectivity index (χ1n) is 6.53. The normalized spacial score (nSPS) is 13.2. The number of benzene rings is 1. The van der Waals surface area contributed by atoms with Gasteiger partial charge in [-0.3, -0.25) is 9.48 Å². The van der Waals surface area contributed by atoms with Crippen LogP contribution >= 0.6 is 11.6 Å². The number of fused-ring (bicyclic) bond motifs is 1. The highest BCUT2D eigenvalue weighted by Gasteiger charge is 2.18.